The van der Waals surface area contributed by atoms with Crippen molar-refractivity contribution in [3.05, 3.63) is 84.3 Å². The minimum Gasteiger partial charge on any atom is -0.115 e. The zero-order valence-corrected chi connectivity index (χ0v) is 11.4. The Kier molecular flexibility index (Phi) is 4.66. The van der Waals surface area contributed by atoms with Gasteiger partial charge in [0, 0.05) is 6.08 Å². The first kappa shape index (κ1) is 13.3. The lowest BCUT2D eigenvalue weighted by molar-refractivity contribution is 1.38. The maximum Gasteiger partial charge on any atom is 0.174 e. The summed E-state index contributed by atoms with van der Waals surface area (Å²) in [5.41, 5.74) is 0. The van der Waals surface area contributed by atoms with Crippen LogP contribution in [0.4, 0.5) is 0 Å². The SMILES string of the molecule is C#C/C=C(\C=C)[S+](c1ccccc1)c1ccccc1. The van der Waals surface area contributed by atoms with E-state index in [0.717, 1.165) is 4.91 Å². The molecule has 0 radical (unpaired) electrons. The van der Waals surface area contributed by atoms with Crippen LogP contribution in [0.1, 0.15) is 0 Å². The van der Waals surface area contributed by atoms with Crippen LogP contribution in [0.15, 0.2) is 94.1 Å². The van der Waals surface area contributed by atoms with Crippen LogP contribution in [0, 0.1) is 12.3 Å². The number of rotatable bonds is 4. The van der Waals surface area contributed by atoms with Crippen LogP contribution >= 0.6 is 0 Å². The van der Waals surface area contributed by atoms with Crippen molar-refractivity contribution >= 4 is 10.9 Å². The second-order valence-corrected chi connectivity index (χ2v) is 5.88. The summed E-state index contributed by atoms with van der Waals surface area (Å²) in [5.74, 6) is 2.61. The average Bonchev–Trinajstić information content (AvgIpc) is 2.49. The molecule has 0 aromatic heterocycles. The van der Waals surface area contributed by atoms with E-state index >= 15 is 0 Å². The molecule has 19 heavy (non-hydrogen) atoms. The van der Waals surface area contributed by atoms with E-state index in [9.17, 15) is 0 Å². The van der Waals surface area contributed by atoms with Crippen LogP contribution in [-0.4, -0.2) is 0 Å². The van der Waals surface area contributed by atoms with Gasteiger partial charge in [-0.05, 0) is 30.3 Å². The van der Waals surface area contributed by atoms with E-state index in [-0.39, 0.29) is 10.9 Å². The number of benzene rings is 2. The summed E-state index contributed by atoms with van der Waals surface area (Å²) in [6, 6.07) is 20.8. The Morgan fingerprint density at radius 2 is 1.42 bits per heavy atom. The summed E-state index contributed by atoms with van der Waals surface area (Å²) in [6.07, 6.45) is 9.08. The molecule has 2 aromatic rings. The molecular formula is C18H15S+. The van der Waals surface area contributed by atoms with Gasteiger partial charge in [0.15, 0.2) is 14.7 Å². The highest BCUT2D eigenvalue weighted by atomic mass is 32.2. The smallest absolute Gasteiger partial charge is 0.115 e. The molecular weight excluding hydrogens is 248 g/mol. The molecule has 0 nitrogen and oxygen atoms in total. The molecule has 0 aliphatic heterocycles. The van der Waals surface area contributed by atoms with Crippen LogP contribution in [0.25, 0.3) is 0 Å². The van der Waals surface area contributed by atoms with Gasteiger partial charge < -0.3 is 0 Å². The Bertz CT molecular complexity index is 564. The lowest BCUT2D eigenvalue weighted by atomic mass is 10.4. The van der Waals surface area contributed by atoms with E-state index < -0.39 is 0 Å². The molecule has 2 rings (SSSR count). The topological polar surface area (TPSA) is 0 Å². The third-order valence-electron chi connectivity index (χ3n) is 2.62. The Labute approximate surface area is 117 Å². The summed E-state index contributed by atoms with van der Waals surface area (Å²) in [7, 11) is -0.188. The van der Waals surface area contributed by atoms with Crippen molar-refractivity contribution in [3.8, 4) is 12.3 Å². The van der Waals surface area contributed by atoms with Crippen molar-refractivity contribution in [2.45, 2.75) is 9.79 Å². The maximum atomic E-state index is 5.43. The third-order valence-corrected chi connectivity index (χ3v) is 4.86. The molecule has 0 fully saturated rings. The molecule has 0 saturated heterocycles. The molecule has 0 aliphatic carbocycles. The Hall–Kier alpha value is -2.17. The predicted molar refractivity (Wildman–Crippen MR) is 83.9 cm³/mol. The van der Waals surface area contributed by atoms with Gasteiger partial charge >= 0.3 is 0 Å². The lowest BCUT2D eigenvalue weighted by Gasteiger charge is -2.07. The summed E-state index contributed by atoms with van der Waals surface area (Å²) in [5, 5.41) is 0. The van der Waals surface area contributed by atoms with Crippen LogP contribution in [0.5, 0.6) is 0 Å². The molecule has 0 bridgehead atoms. The standard InChI is InChI=1S/C18H15S/c1-3-11-16(4-2)19(17-12-7-5-8-13-17)18-14-9-6-10-15-18/h1,4-15H,2H2/q+1/b16-11+. The fraction of sp³-hybridized carbons (Fsp3) is 0. The van der Waals surface area contributed by atoms with Gasteiger partial charge in [-0.3, -0.25) is 0 Å². The van der Waals surface area contributed by atoms with Crippen molar-refractivity contribution in [3.63, 3.8) is 0 Å². The highest BCUT2D eigenvalue weighted by Crippen LogP contribution is 2.30. The van der Waals surface area contributed by atoms with Crippen LogP contribution in [-0.2, 0) is 10.9 Å². The molecule has 0 unspecified atom stereocenters. The first-order valence-corrected chi connectivity index (χ1v) is 7.22. The normalized spacial score (nSPS) is 11.1. The highest BCUT2D eigenvalue weighted by molar-refractivity contribution is 8.00. The number of hydrogen-bond donors (Lipinski definition) is 0. The van der Waals surface area contributed by atoms with E-state index in [1.807, 2.05) is 18.2 Å². The number of hydrogen-bond acceptors (Lipinski definition) is 0. The zero-order chi connectivity index (χ0) is 13.5. The van der Waals surface area contributed by atoms with Crippen molar-refractivity contribution < 1.29 is 0 Å². The first-order valence-electron chi connectivity index (χ1n) is 6.00. The summed E-state index contributed by atoms with van der Waals surface area (Å²) >= 11 is 0. The molecule has 92 valence electrons. The molecule has 0 atom stereocenters. The first-order chi connectivity index (χ1) is 9.36. The second kappa shape index (κ2) is 6.68. The summed E-state index contributed by atoms with van der Waals surface area (Å²) in [4.78, 5) is 3.56. The Morgan fingerprint density at radius 3 is 1.79 bits per heavy atom. The molecule has 0 amide bonds. The van der Waals surface area contributed by atoms with Crippen molar-refractivity contribution in [2.75, 3.05) is 0 Å². The molecule has 0 N–H and O–H groups in total. The minimum absolute atomic E-state index is 0.188. The fourth-order valence-electron chi connectivity index (χ4n) is 1.80. The van der Waals surface area contributed by atoms with Crippen molar-refractivity contribution in [1.29, 1.82) is 0 Å². The van der Waals surface area contributed by atoms with Gasteiger partial charge in [-0.1, -0.05) is 48.9 Å². The average molecular weight is 263 g/mol. The molecule has 0 aliphatic rings. The largest absolute Gasteiger partial charge is 0.174 e. The Morgan fingerprint density at radius 1 is 0.947 bits per heavy atom. The lowest BCUT2D eigenvalue weighted by Crippen LogP contribution is -2.05. The van der Waals surface area contributed by atoms with Crippen LogP contribution in [0.3, 0.4) is 0 Å². The van der Waals surface area contributed by atoms with Gasteiger partial charge in [-0.25, -0.2) is 0 Å². The molecule has 0 saturated carbocycles. The third kappa shape index (κ3) is 3.19. The zero-order valence-electron chi connectivity index (χ0n) is 10.6. The van der Waals surface area contributed by atoms with Crippen molar-refractivity contribution in [1.82, 2.24) is 0 Å². The van der Waals surface area contributed by atoms with Gasteiger partial charge in [0.05, 0.1) is 10.9 Å². The van der Waals surface area contributed by atoms with Gasteiger partial charge in [-0.15, -0.1) is 6.42 Å². The van der Waals surface area contributed by atoms with Gasteiger partial charge in [-0.2, -0.15) is 0 Å². The molecule has 2 aromatic carbocycles. The van der Waals surface area contributed by atoms with E-state index in [1.54, 1.807) is 6.08 Å². The quantitative estimate of drug-likeness (QED) is 0.435. The molecule has 0 spiro atoms. The molecule has 1 heteroatoms. The monoisotopic (exact) mass is 263 g/mol. The van der Waals surface area contributed by atoms with E-state index in [1.165, 1.54) is 9.79 Å². The summed E-state index contributed by atoms with van der Waals surface area (Å²) < 4.78 is 0. The highest BCUT2D eigenvalue weighted by Gasteiger charge is 2.28. The maximum absolute atomic E-state index is 5.43. The van der Waals surface area contributed by atoms with E-state index in [2.05, 4.69) is 61.0 Å². The second-order valence-electron chi connectivity index (χ2n) is 3.85. The van der Waals surface area contributed by atoms with Gasteiger partial charge in [0.2, 0.25) is 0 Å². The van der Waals surface area contributed by atoms with Gasteiger partial charge in [0.1, 0.15) is 0 Å². The van der Waals surface area contributed by atoms with Crippen molar-refractivity contribution in [2.24, 2.45) is 0 Å². The van der Waals surface area contributed by atoms with E-state index in [0.29, 0.717) is 0 Å². The van der Waals surface area contributed by atoms with Crippen LogP contribution in [0.2, 0.25) is 0 Å². The van der Waals surface area contributed by atoms with Crippen LogP contribution < -0.4 is 0 Å². The molecule has 0 heterocycles. The number of terminal acetylenes is 1. The predicted octanol–water partition coefficient (Wildman–Crippen LogP) is 4.43. The minimum atomic E-state index is -0.188. The van der Waals surface area contributed by atoms with Gasteiger partial charge in [0.25, 0.3) is 0 Å². The fourth-order valence-corrected chi connectivity index (χ4v) is 3.83. The summed E-state index contributed by atoms with van der Waals surface area (Å²) in [6.45, 7) is 3.89. The Balaban J connectivity index is 2.55. The van der Waals surface area contributed by atoms with E-state index in [4.69, 9.17) is 6.42 Å². The number of allylic oxidation sites excluding steroid dienone is 2.